The fourth-order valence-electron chi connectivity index (χ4n) is 2.78. The number of anilines is 2. The first-order valence-corrected chi connectivity index (χ1v) is 10.9. The van der Waals surface area contributed by atoms with Crippen LogP contribution < -0.4 is 14.9 Å². The molecule has 0 atom stereocenters. The number of sulfonamides is 1. The van der Waals surface area contributed by atoms with Gasteiger partial charge in [0.1, 0.15) is 0 Å². The molecule has 1 aliphatic heterocycles. The van der Waals surface area contributed by atoms with E-state index in [9.17, 15) is 13.2 Å². The normalized spacial score (nSPS) is 14.6. The van der Waals surface area contributed by atoms with Crippen molar-refractivity contribution >= 4 is 38.1 Å². The average Bonchev–Trinajstić information content (AvgIpc) is 3.26. The molecule has 1 aromatic carbocycles. The van der Waals surface area contributed by atoms with Crippen LogP contribution in [0.25, 0.3) is 0 Å². The summed E-state index contributed by atoms with van der Waals surface area (Å²) >= 11 is 1.61. The maximum Gasteiger partial charge on any atom is 0.240 e. The van der Waals surface area contributed by atoms with Gasteiger partial charge in [0.2, 0.25) is 15.9 Å². The lowest BCUT2D eigenvalue weighted by Crippen LogP contribution is -2.26. The van der Waals surface area contributed by atoms with Crippen LogP contribution in [0.5, 0.6) is 0 Å². The van der Waals surface area contributed by atoms with E-state index in [1.807, 2.05) is 5.38 Å². The van der Waals surface area contributed by atoms with Crippen molar-refractivity contribution < 1.29 is 13.2 Å². The van der Waals surface area contributed by atoms with Crippen LogP contribution in [0.15, 0.2) is 34.5 Å². The maximum absolute atomic E-state index is 12.3. The highest BCUT2D eigenvalue weighted by atomic mass is 32.2. The van der Waals surface area contributed by atoms with E-state index in [-0.39, 0.29) is 10.8 Å². The van der Waals surface area contributed by atoms with Gasteiger partial charge in [-0.1, -0.05) is 0 Å². The molecule has 140 valence electrons. The number of hydrogen-bond acceptors (Lipinski definition) is 6. The number of carbonyl (C=O) groups excluding carboxylic acids is 1. The molecule has 0 spiro atoms. The van der Waals surface area contributed by atoms with Gasteiger partial charge in [-0.25, -0.2) is 18.1 Å². The largest absolute Gasteiger partial charge is 0.348 e. The minimum atomic E-state index is -3.58. The van der Waals surface area contributed by atoms with E-state index in [0.717, 1.165) is 23.9 Å². The molecule has 1 saturated heterocycles. The van der Waals surface area contributed by atoms with E-state index in [4.69, 9.17) is 0 Å². The zero-order chi connectivity index (χ0) is 18.6. The molecule has 0 radical (unpaired) electrons. The van der Waals surface area contributed by atoms with Gasteiger partial charge in [-0.3, -0.25) is 4.79 Å². The van der Waals surface area contributed by atoms with Crippen LogP contribution in [-0.2, 0) is 21.2 Å². The van der Waals surface area contributed by atoms with E-state index < -0.39 is 10.0 Å². The molecule has 3 rings (SSSR count). The first-order valence-electron chi connectivity index (χ1n) is 8.51. The van der Waals surface area contributed by atoms with Crippen LogP contribution >= 0.6 is 11.3 Å². The number of thiazole rings is 1. The zero-order valence-corrected chi connectivity index (χ0v) is 16.2. The van der Waals surface area contributed by atoms with E-state index in [1.54, 1.807) is 23.5 Å². The standard InChI is InChI=1S/C17H22N4O3S2/c1-13(22)19-14-4-6-16(7-5-14)26(23,24)18-9-8-15-12-25-17(20-15)21-10-2-3-11-21/h4-7,12,18H,2-3,8-11H2,1H3,(H,19,22). The fraction of sp³-hybridized carbons (Fsp3) is 0.412. The van der Waals surface area contributed by atoms with Gasteiger partial charge in [-0.2, -0.15) is 0 Å². The Bertz CT molecular complexity index is 856. The lowest BCUT2D eigenvalue weighted by molar-refractivity contribution is -0.114. The Labute approximate surface area is 157 Å². The molecule has 0 bridgehead atoms. The second-order valence-corrected chi connectivity index (χ2v) is 8.77. The van der Waals surface area contributed by atoms with Gasteiger partial charge in [0.05, 0.1) is 10.6 Å². The number of nitrogens with one attached hydrogen (secondary N) is 2. The predicted octanol–water partition coefficient (Wildman–Crippen LogP) is 2.22. The highest BCUT2D eigenvalue weighted by molar-refractivity contribution is 7.89. The first kappa shape index (κ1) is 18.8. The third-order valence-electron chi connectivity index (χ3n) is 4.07. The zero-order valence-electron chi connectivity index (χ0n) is 14.6. The van der Waals surface area contributed by atoms with Gasteiger partial charge in [0.15, 0.2) is 5.13 Å². The molecule has 0 saturated carbocycles. The van der Waals surface area contributed by atoms with Crippen molar-refractivity contribution in [3.05, 3.63) is 35.3 Å². The Balaban J connectivity index is 1.54. The summed E-state index contributed by atoms with van der Waals surface area (Å²) in [6.45, 7) is 3.79. The van der Waals surface area contributed by atoms with Gasteiger partial charge in [0, 0.05) is 44.0 Å². The quantitative estimate of drug-likeness (QED) is 0.751. The van der Waals surface area contributed by atoms with Gasteiger partial charge in [0.25, 0.3) is 0 Å². The van der Waals surface area contributed by atoms with Crippen LogP contribution in [0.2, 0.25) is 0 Å². The van der Waals surface area contributed by atoms with Crippen molar-refractivity contribution in [3.8, 4) is 0 Å². The molecule has 9 heteroatoms. The van der Waals surface area contributed by atoms with Crippen LogP contribution in [0.4, 0.5) is 10.8 Å². The number of carbonyl (C=O) groups is 1. The molecule has 1 aromatic heterocycles. The molecule has 2 N–H and O–H groups in total. The van der Waals surface area contributed by atoms with Gasteiger partial charge in [-0.15, -0.1) is 11.3 Å². The minimum Gasteiger partial charge on any atom is -0.348 e. The van der Waals surface area contributed by atoms with Gasteiger partial charge in [-0.05, 0) is 37.1 Å². The van der Waals surface area contributed by atoms with Crippen molar-refractivity contribution in [2.75, 3.05) is 29.9 Å². The lowest BCUT2D eigenvalue weighted by Gasteiger charge is -2.12. The van der Waals surface area contributed by atoms with E-state index in [0.29, 0.717) is 18.7 Å². The summed E-state index contributed by atoms with van der Waals surface area (Å²) in [6, 6.07) is 6.08. The summed E-state index contributed by atoms with van der Waals surface area (Å²) in [6.07, 6.45) is 2.96. The third kappa shape index (κ3) is 4.80. The number of benzene rings is 1. The summed E-state index contributed by atoms with van der Waals surface area (Å²) < 4.78 is 27.3. The van der Waals surface area contributed by atoms with Crippen molar-refractivity contribution in [1.29, 1.82) is 0 Å². The monoisotopic (exact) mass is 394 g/mol. The fourth-order valence-corrected chi connectivity index (χ4v) is 4.73. The van der Waals surface area contributed by atoms with Gasteiger partial charge >= 0.3 is 0 Å². The molecule has 0 aliphatic carbocycles. The smallest absolute Gasteiger partial charge is 0.240 e. The van der Waals surface area contributed by atoms with E-state index >= 15 is 0 Å². The number of amides is 1. The molecular weight excluding hydrogens is 372 g/mol. The Kier molecular flexibility index (Phi) is 5.90. The molecule has 1 amide bonds. The molecule has 7 nitrogen and oxygen atoms in total. The molecule has 26 heavy (non-hydrogen) atoms. The Hall–Kier alpha value is -1.97. The summed E-state index contributed by atoms with van der Waals surface area (Å²) in [5, 5.41) is 5.62. The van der Waals surface area contributed by atoms with E-state index in [2.05, 4.69) is 19.9 Å². The Morgan fingerprint density at radius 3 is 2.58 bits per heavy atom. The van der Waals surface area contributed by atoms with Crippen LogP contribution in [0, 0.1) is 0 Å². The van der Waals surface area contributed by atoms with Crippen LogP contribution in [0.1, 0.15) is 25.5 Å². The second-order valence-electron chi connectivity index (χ2n) is 6.17. The summed E-state index contributed by atoms with van der Waals surface area (Å²) in [5.41, 5.74) is 1.47. The highest BCUT2D eigenvalue weighted by Gasteiger charge is 2.17. The highest BCUT2D eigenvalue weighted by Crippen LogP contribution is 2.24. The van der Waals surface area contributed by atoms with Crippen molar-refractivity contribution in [3.63, 3.8) is 0 Å². The minimum absolute atomic E-state index is 0.169. The second kappa shape index (κ2) is 8.15. The lowest BCUT2D eigenvalue weighted by atomic mass is 10.3. The van der Waals surface area contributed by atoms with E-state index in [1.165, 1.54) is 31.9 Å². The molecule has 2 aromatic rings. The summed E-state index contributed by atoms with van der Waals surface area (Å²) in [4.78, 5) is 18.0. The molecule has 1 aliphatic rings. The third-order valence-corrected chi connectivity index (χ3v) is 6.50. The molecule has 1 fully saturated rings. The van der Waals surface area contributed by atoms with Gasteiger partial charge < -0.3 is 10.2 Å². The Morgan fingerprint density at radius 2 is 1.92 bits per heavy atom. The average molecular weight is 395 g/mol. The topological polar surface area (TPSA) is 91.4 Å². The number of hydrogen-bond donors (Lipinski definition) is 2. The summed E-state index contributed by atoms with van der Waals surface area (Å²) in [7, 11) is -3.58. The van der Waals surface area contributed by atoms with Crippen molar-refractivity contribution in [2.45, 2.75) is 31.1 Å². The maximum atomic E-state index is 12.3. The number of rotatable bonds is 7. The number of aromatic nitrogens is 1. The van der Waals surface area contributed by atoms with Crippen molar-refractivity contribution in [1.82, 2.24) is 9.71 Å². The van der Waals surface area contributed by atoms with Crippen LogP contribution in [0.3, 0.4) is 0 Å². The first-order chi connectivity index (χ1) is 12.4. The van der Waals surface area contributed by atoms with Crippen molar-refractivity contribution in [2.24, 2.45) is 0 Å². The van der Waals surface area contributed by atoms with Crippen LogP contribution in [-0.4, -0.2) is 38.9 Å². The summed E-state index contributed by atoms with van der Waals surface area (Å²) in [5.74, 6) is -0.199. The molecule has 2 heterocycles. The Morgan fingerprint density at radius 1 is 1.23 bits per heavy atom. The molecular formula is C17H22N4O3S2. The molecule has 0 unspecified atom stereocenters. The SMILES string of the molecule is CC(=O)Nc1ccc(S(=O)(=O)NCCc2csc(N3CCCC3)n2)cc1. The number of nitrogens with zero attached hydrogens (tertiary/aromatic N) is 2. The predicted molar refractivity (Wildman–Crippen MR) is 103 cm³/mol.